The molecule has 3 aromatic carbocycles. The summed E-state index contributed by atoms with van der Waals surface area (Å²) >= 11 is 0. The van der Waals surface area contributed by atoms with E-state index in [1.54, 1.807) is 20.3 Å². The molecule has 0 saturated carbocycles. The maximum absolute atomic E-state index is 12.9. The summed E-state index contributed by atoms with van der Waals surface area (Å²) in [7, 11) is 7.73. The van der Waals surface area contributed by atoms with Gasteiger partial charge in [0, 0.05) is 17.2 Å². The standard InChI is InChI=1S/C25H26O7/c1-28-17-10-9-13(11-18(17)29-2)20-14-7-6-8-16(26)21(14)23(27)15-12-19(30-3)24(31-4)25(32-5)22(15)20/h9-12,27H,6-8H2,1-5H3. The molecule has 32 heavy (non-hydrogen) atoms. The maximum Gasteiger partial charge on any atom is 0.203 e. The van der Waals surface area contributed by atoms with Gasteiger partial charge in [-0.25, -0.2) is 0 Å². The molecular formula is C25H26O7. The van der Waals surface area contributed by atoms with Crippen molar-refractivity contribution in [1.82, 2.24) is 0 Å². The van der Waals surface area contributed by atoms with E-state index in [2.05, 4.69) is 0 Å². The highest BCUT2D eigenvalue weighted by molar-refractivity contribution is 6.15. The number of Topliss-reactive ketones (excluding diaryl/α,β-unsaturated/α-hetero) is 1. The van der Waals surface area contributed by atoms with E-state index in [-0.39, 0.29) is 11.5 Å². The van der Waals surface area contributed by atoms with Crippen LogP contribution < -0.4 is 23.7 Å². The number of rotatable bonds is 6. The van der Waals surface area contributed by atoms with Gasteiger partial charge in [-0.15, -0.1) is 0 Å². The molecule has 0 bridgehead atoms. The van der Waals surface area contributed by atoms with Gasteiger partial charge < -0.3 is 28.8 Å². The summed E-state index contributed by atoms with van der Waals surface area (Å²) in [6.07, 6.45) is 1.74. The second kappa shape index (κ2) is 8.49. The van der Waals surface area contributed by atoms with Gasteiger partial charge in [-0.2, -0.15) is 0 Å². The number of phenolic OH excluding ortho intramolecular Hbond substituents is 1. The lowest BCUT2D eigenvalue weighted by Gasteiger charge is -2.25. The Hall–Kier alpha value is -3.61. The van der Waals surface area contributed by atoms with E-state index in [0.717, 1.165) is 16.7 Å². The Morgan fingerprint density at radius 1 is 0.750 bits per heavy atom. The normalized spacial score (nSPS) is 13.0. The van der Waals surface area contributed by atoms with E-state index in [0.29, 0.717) is 64.3 Å². The van der Waals surface area contributed by atoms with Crippen molar-refractivity contribution in [2.45, 2.75) is 19.3 Å². The molecule has 0 fully saturated rings. The van der Waals surface area contributed by atoms with Crippen LogP contribution in [0.25, 0.3) is 21.9 Å². The Labute approximate surface area is 186 Å². The molecule has 7 heteroatoms. The number of ketones is 1. The van der Waals surface area contributed by atoms with Gasteiger partial charge in [0.25, 0.3) is 0 Å². The van der Waals surface area contributed by atoms with Crippen molar-refractivity contribution in [1.29, 1.82) is 0 Å². The summed E-state index contributed by atoms with van der Waals surface area (Å²) < 4.78 is 27.8. The molecule has 0 unspecified atom stereocenters. The highest BCUT2D eigenvalue weighted by Crippen LogP contribution is 2.53. The molecule has 3 aromatic rings. The van der Waals surface area contributed by atoms with Gasteiger partial charge in [-0.1, -0.05) is 6.07 Å². The van der Waals surface area contributed by atoms with Gasteiger partial charge in [0.1, 0.15) is 5.75 Å². The largest absolute Gasteiger partial charge is 0.507 e. The number of hydrogen-bond acceptors (Lipinski definition) is 7. The summed E-state index contributed by atoms with van der Waals surface area (Å²) in [6.45, 7) is 0. The zero-order valence-electron chi connectivity index (χ0n) is 18.8. The van der Waals surface area contributed by atoms with Crippen LogP contribution in [-0.4, -0.2) is 46.4 Å². The average Bonchev–Trinajstić information content (AvgIpc) is 2.82. The Morgan fingerprint density at radius 3 is 2.06 bits per heavy atom. The quantitative estimate of drug-likeness (QED) is 0.593. The van der Waals surface area contributed by atoms with Crippen LogP contribution in [0.4, 0.5) is 0 Å². The summed E-state index contributed by atoms with van der Waals surface area (Å²) in [5, 5.41) is 12.3. The van der Waals surface area contributed by atoms with Crippen LogP contribution in [0.5, 0.6) is 34.5 Å². The van der Waals surface area contributed by atoms with Crippen molar-refractivity contribution in [3.63, 3.8) is 0 Å². The number of carbonyl (C=O) groups is 1. The van der Waals surface area contributed by atoms with Crippen LogP contribution in [0.15, 0.2) is 24.3 Å². The van der Waals surface area contributed by atoms with Gasteiger partial charge >= 0.3 is 0 Å². The van der Waals surface area contributed by atoms with Crippen molar-refractivity contribution >= 4 is 16.6 Å². The molecule has 168 valence electrons. The highest BCUT2D eigenvalue weighted by Gasteiger charge is 2.31. The molecule has 7 nitrogen and oxygen atoms in total. The minimum absolute atomic E-state index is 0.0665. The summed E-state index contributed by atoms with van der Waals surface area (Å²) in [5.74, 6) is 2.23. The molecular weight excluding hydrogens is 412 g/mol. The Morgan fingerprint density at radius 2 is 1.44 bits per heavy atom. The molecule has 1 N–H and O–H groups in total. The van der Waals surface area contributed by atoms with Gasteiger partial charge in [0.05, 0.1) is 41.1 Å². The zero-order valence-corrected chi connectivity index (χ0v) is 18.8. The fourth-order valence-corrected chi connectivity index (χ4v) is 4.56. The number of hydrogen-bond donors (Lipinski definition) is 1. The molecule has 0 aromatic heterocycles. The lowest BCUT2D eigenvalue weighted by Crippen LogP contribution is -2.13. The lowest BCUT2D eigenvalue weighted by molar-refractivity contribution is 0.0970. The molecule has 0 radical (unpaired) electrons. The molecule has 1 aliphatic carbocycles. The molecule has 1 aliphatic rings. The van der Waals surface area contributed by atoms with Crippen LogP contribution in [-0.2, 0) is 6.42 Å². The van der Waals surface area contributed by atoms with Crippen LogP contribution in [0, 0.1) is 0 Å². The third kappa shape index (κ3) is 3.16. The third-order valence-corrected chi connectivity index (χ3v) is 5.96. The molecule has 0 atom stereocenters. The van der Waals surface area contributed by atoms with Crippen LogP contribution >= 0.6 is 0 Å². The van der Waals surface area contributed by atoms with Crippen molar-refractivity contribution in [3.8, 4) is 45.6 Å². The predicted octanol–water partition coefficient (Wildman–Crippen LogP) is 4.77. The molecule has 0 aliphatic heterocycles. The van der Waals surface area contributed by atoms with Gasteiger partial charge in [0.2, 0.25) is 5.75 Å². The van der Waals surface area contributed by atoms with Crippen molar-refractivity contribution in [2.24, 2.45) is 0 Å². The fraction of sp³-hybridized carbons (Fsp3) is 0.320. The molecule has 0 heterocycles. The first kappa shape index (κ1) is 21.6. The van der Waals surface area contributed by atoms with Gasteiger partial charge in [0.15, 0.2) is 28.8 Å². The number of aromatic hydroxyl groups is 1. The van der Waals surface area contributed by atoms with E-state index >= 15 is 0 Å². The zero-order chi connectivity index (χ0) is 23.0. The maximum atomic E-state index is 12.9. The first-order valence-electron chi connectivity index (χ1n) is 10.3. The number of phenols is 1. The summed E-state index contributed by atoms with van der Waals surface area (Å²) in [4.78, 5) is 12.9. The fourth-order valence-electron chi connectivity index (χ4n) is 4.56. The Bertz CT molecular complexity index is 1210. The van der Waals surface area contributed by atoms with Crippen molar-refractivity contribution in [2.75, 3.05) is 35.5 Å². The van der Waals surface area contributed by atoms with E-state index in [4.69, 9.17) is 23.7 Å². The average molecular weight is 438 g/mol. The van der Waals surface area contributed by atoms with Gasteiger partial charge in [-0.3, -0.25) is 4.79 Å². The number of ether oxygens (including phenoxy) is 5. The topological polar surface area (TPSA) is 83.5 Å². The molecule has 0 amide bonds. The van der Waals surface area contributed by atoms with Crippen molar-refractivity contribution < 1.29 is 33.6 Å². The lowest BCUT2D eigenvalue weighted by atomic mass is 9.80. The summed E-state index contributed by atoms with van der Waals surface area (Å²) in [6, 6.07) is 7.26. The van der Waals surface area contributed by atoms with E-state index < -0.39 is 0 Å². The molecule has 4 rings (SSSR count). The minimum Gasteiger partial charge on any atom is -0.507 e. The van der Waals surface area contributed by atoms with Crippen molar-refractivity contribution in [3.05, 3.63) is 35.4 Å². The SMILES string of the molecule is COc1ccc(-c2c3c(c(O)c4cc(OC)c(OC)c(OC)c24)C(=O)CCC3)cc1OC. The monoisotopic (exact) mass is 438 g/mol. The second-order valence-corrected chi connectivity index (χ2v) is 7.49. The van der Waals surface area contributed by atoms with Crippen LogP contribution in [0.1, 0.15) is 28.8 Å². The van der Waals surface area contributed by atoms with Crippen LogP contribution in [0.2, 0.25) is 0 Å². The summed E-state index contributed by atoms with van der Waals surface area (Å²) in [5.41, 5.74) is 2.73. The second-order valence-electron chi connectivity index (χ2n) is 7.49. The number of benzene rings is 3. The van der Waals surface area contributed by atoms with E-state index in [1.807, 2.05) is 18.2 Å². The minimum atomic E-state index is -0.0823. The number of fused-ring (bicyclic) bond motifs is 2. The van der Waals surface area contributed by atoms with Crippen LogP contribution in [0.3, 0.4) is 0 Å². The highest BCUT2D eigenvalue weighted by atomic mass is 16.5. The van der Waals surface area contributed by atoms with Gasteiger partial charge in [-0.05, 0) is 47.7 Å². The molecule has 0 spiro atoms. The Balaban J connectivity index is 2.23. The third-order valence-electron chi connectivity index (χ3n) is 5.96. The van der Waals surface area contributed by atoms with E-state index in [1.165, 1.54) is 21.3 Å². The molecule has 0 saturated heterocycles. The Kier molecular flexibility index (Phi) is 5.74. The smallest absolute Gasteiger partial charge is 0.203 e. The predicted molar refractivity (Wildman–Crippen MR) is 121 cm³/mol. The first-order valence-corrected chi connectivity index (χ1v) is 10.3. The number of methoxy groups -OCH3 is 5. The first-order chi connectivity index (χ1) is 15.5. The number of carbonyl (C=O) groups excluding carboxylic acids is 1. The van der Waals surface area contributed by atoms with E-state index in [9.17, 15) is 9.90 Å².